The minimum Gasteiger partial charge on any atom is -0.387 e. The Hall–Kier alpha value is -1.58. The number of nitrogens with one attached hydrogen (secondary N) is 1. The van der Waals surface area contributed by atoms with Crippen molar-refractivity contribution in [1.82, 2.24) is 5.32 Å². The Bertz CT molecular complexity index is 329. The zero-order chi connectivity index (χ0) is 12.7. The molecule has 3 N–H and O–H groups in total. The first kappa shape index (κ1) is 14.4. The van der Waals surface area contributed by atoms with Gasteiger partial charge in [0.05, 0.1) is 5.57 Å². The molecule has 0 aromatic rings. The fourth-order valence-corrected chi connectivity index (χ4v) is 0.973. The molecular formula is C12H21N3O. The maximum atomic E-state index is 11.5. The molecule has 0 aromatic heterocycles. The number of nitrogens with zero attached hydrogens (tertiary/aromatic N) is 1. The van der Waals surface area contributed by atoms with Crippen molar-refractivity contribution in [2.24, 2.45) is 16.6 Å². The van der Waals surface area contributed by atoms with Crippen molar-refractivity contribution < 1.29 is 4.79 Å². The van der Waals surface area contributed by atoms with Gasteiger partial charge < -0.3 is 11.1 Å². The average Bonchev–Trinajstić information content (AvgIpc) is 2.26. The fourth-order valence-electron chi connectivity index (χ4n) is 0.973. The molecule has 0 fully saturated rings. The van der Waals surface area contributed by atoms with Crippen LogP contribution in [0.15, 0.2) is 28.9 Å². The van der Waals surface area contributed by atoms with Crippen molar-refractivity contribution in [1.29, 1.82) is 0 Å². The molecule has 0 bridgehead atoms. The van der Waals surface area contributed by atoms with E-state index in [0.29, 0.717) is 17.0 Å². The molecule has 1 amide bonds. The molecule has 16 heavy (non-hydrogen) atoms. The largest absolute Gasteiger partial charge is 0.387 e. The third-order valence-electron chi connectivity index (χ3n) is 2.39. The van der Waals surface area contributed by atoms with Gasteiger partial charge in [-0.05, 0) is 18.9 Å². The summed E-state index contributed by atoms with van der Waals surface area (Å²) in [7, 11) is 1.57. The first-order valence-electron chi connectivity index (χ1n) is 5.35. The molecule has 4 nitrogen and oxygen atoms in total. The van der Waals surface area contributed by atoms with Gasteiger partial charge in [-0.25, -0.2) is 4.99 Å². The van der Waals surface area contributed by atoms with Crippen LogP contribution in [0.5, 0.6) is 0 Å². The lowest BCUT2D eigenvalue weighted by Crippen LogP contribution is -2.22. The van der Waals surface area contributed by atoms with Gasteiger partial charge in [-0.15, -0.1) is 0 Å². The normalized spacial score (nSPS) is 14.5. The van der Waals surface area contributed by atoms with Crippen LogP contribution in [0, 0.1) is 5.92 Å². The Balaban J connectivity index is 4.96. The summed E-state index contributed by atoms with van der Waals surface area (Å²) in [6.45, 7) is 9.52. The van der Waals surface area contributed by atoms with Gasteiger partial charge in [-0.2, -0.15) is 0 Å². The summed E-state index contributed by atoms with van der Waals surface area (Å²) in [6.07, 6.45) is 2.40. The molecule has 0 rings (SSSR count). The number of aliphatic imine (C=N–C) groups is 1. The second kappa shape index (κ2) is 6.82. The lowest BCUT2D eigenvalue weighted by Gasteiger charge is -2.07. The van der Waals surface area contributed by atoms with Crippen molar-refractivity contribution in [3.05, 3.63) is 23.9 Å². The van der Waals surface area contributed by atoms with E-state index >= 15 is 0 Å². The van der Waals surface area contributed by atoms with Gasteiger partial charge >= 0.3 is 0 Å². The Labute approximate surface area is 97.3 Å². The summed E-state index contributed by atoms with van der Waals surface area (Å²) in [5, 5.41) is 2.54. The Morgan fingerprint density at radius 2 is 2.19 bits per heavy atom. The topological polar surface area (TPSA) is 67.5 Å². The van der Waals surface area contributed by atoms with Crippen molar-refractivity contribution >= 4 is 11.7 Å². The number of carbonyl (C=O) groups is 1. The van der Waals surface area contributed by atoms with Crippen molar-refractivity contribution in [2.45, 2.75) is 27.2 Å². The second-order valence-electron chi connectivity index (χ2n) is 3.77. The van der Waals surface area contributed by atoms with Gasteiger partial charge in [-0.3, -0.25) is 4.79 Å². The number of amides is 1. The highest BCUT2D eigenvalue weighted by Crippen LogP contribution is 2.08. The molecule has 0 aliphatic rings. The standard InChI is InChI=1S/C12H21N3O/c1-6-9(4)11(13)15-7-10(8(2)3)12(16)14-5/h7,9H,2,6H2,1,3-5H3,(H2,13,15)(H,14,16)/b10-7+. The highest BCUT2D eigenvalue weighted by atomic mass is 16.1. The van der Waals surface area contributed by atoms with Crippen LogP contribution in [0.4, 0.5) is 0 Å². The molecule has 0 spiro atoms. The molecule has 1 atom stereocenters. The molecular weight excluding hydrogens is 202 g/mol. The van der Waals surface area contributed by atoms with Crippen molar-refractivity contribution in [3.63, 3.8) is 0 Å². The minimum atomic E-state index is -0.201. The molecule has 0 aromatic carbocycles. The number of hydrogen-bond acceptors (Lipinski definition) is 2. The van der Waals surface area contributed by atoms with E-state index in [0.717, 1.165) is 6.42 Å². The molecule has 90 valence electrons. The predicted octanol–water partition coefficient (Wildman–Crippen LogP) is 1.60. The van der Waals surface area contributed by atoms with E-state index in [1.54, 1.807) is 14.0 Å². The summed E-state index contributed by atoms with van der Waals surface area (Å²) in [5.74, 6) is 0.547. The Morgan fingerprint density at radius 3 is 2.56 bits per heavy atom. The van der Waals surface area contributed by atoms with Gasteiger partial charge in [0, 0.05) is 19.2 Å². The highest BCUT2D eigenvalue weighted by Gasteiger charge is 2.08. The maximum absolute atomic E-state index is 11.5. The van der Waals surface area contributed by atoms with Crippen LogP contribution in [0.25, 0.3) is 0 Å². The highest BCUT2D eigenvalue weighted by molar-refractivity contribution is 5.97. The van der Waals surface area contributed by atoms with Gasteiger partial charge in [-0.1, -0.05) is 20.4 Å². The van der Waals surface area contributed by atoms with Gasteiger partial charge in [0.1, 0.15) is 5.84 Å². The molecule has 0 aliphatic heterocycles. The second-order valence-corrected chi connectivity index (χ2v) is 3.77. The monoisotopic (exact) mass is 223 g/mol. The van der Waals surface area contributed by atoms with E-state index in [-0.39, 0.29) is 11.8 Å². The molecule has 0 saturated heterocycles. The zero-order valence-electron chi connectivity index (χ0n) is 10.5. The number of likely N-dealkylation sites (N-methyl/N-ethyl adjacent to an activating group) is 1. The summed E-state index contributed by atoms with van der Waals surface area (Å²) >= 11 is 0. The lowest BCUT2D eigenvalue weighted by molar-refractivity contribution is -0.116. The molecule has 0 aliphatic carbocycles. The first-order chi connectivity index (χ1) is 7.43. The fraction of sp³-hybridized carbons (Fsp3) is 0.500. The molecule has 4 heteroatoms. The molecule has 0 heterocycles. The van der Waals surface area contributed by atoms with E-state index < -0.39 is 0 Å². The van der Waals surface area contributed by atoms with Crippen LogP contribution in [0.2, 0.25) is 0 Å². The van der Waals surface area contributed by atoms with Crippen LogP contribution in [-0.2, 0) is 4.79 Å². The van der Waals surface area contributed by atoms with Crippen LogP contribution >= 0.6 is 0 Å². The smallest absolute Gasteiger partial charge is 0.252 e. The van der Waals surface area contributed by atoms with Crippen LogP contribution < -0.4 is 11.1 Å². The zero-order valence-corrected chi connectivity index (χ0v) is 10.5. The maximum Gasteiger partial charge on any atom is 0.252 e. The van der Waals surface area contributed by atoms with Crippen molar-refractivity contribution in [2.75, 3.05) is 7.05 Å². The van der Waals surface area contributed by atoms with Crippen molar-refractivity contribution in [3.8, 4) is 0 Å². The summed E-state index contributed by atoms with van der Waals surface area (Å²) < 4.78 is 0. The quantitative estimate of drug-likeness (QED) is 0.322. The number of hydrogen-bond donors (Lipinski definition) is 2. The minimum absolute atomic E-state index is 0.201. The Kier molecular flexibility index (Phi) is 6.15. The third-order valence-corrected chi connectivity index (χ3v) is 2.39. The SMILES string of the molecule is C=C(C)/C(=C\N=C(\N)C(C)CC)C(=O)NC. The molecule has 1 unspecified atom stereocenters. The average molecular weight is 223 g/mol. The Morgan fingerprint density at radius 1 is 1.62 bits per heavy atom. The van der Waals surface area contributed by atoms with E-state index in [9.17, 15) is 4.79 Å². The van der Waals surface area contributed by atoms with E-state index in [1.807, 2.05) is 13.8 Å². The van der Waals surface area contributed by atoms with Crippen LogP contribution in [0.3, 0.4) is 0 Å². The lowest BCUT2D eigenvalue weighted by atomic mass is 10.1. The van der Waals surface area contributed by atoms with E-state index in [4.69, 9.17) is 5.73 Å². The van der Waals surface area contributed by atoms with E-state index in [2.05, 4.69) is 16.9 Å². The summed E-state index contributed by atoms with van der Waals surface area (Å²) in [4.78, 5) is 15.6. The third kappa shape index (κ3) is 4.29. The predicted molar refractivity (Wildman–Crippen MR) is 68.0 cm³/mol. The number of nitrogens with two attached hydrogens (primary N) is 1. The number of rotatable bonds is 5. The first-order valence-corrected chi connectivity index (χ1v) is 5.35. The molecule has 0 radical (unpaired) electrons. The van der Waals surface area contributed by atoms with Crippen LogP contribution in [0.1, 0.15) is 27.2 Å². The van der Waals surface area contributed by atoms with Gasteiger partial charge in [0.2, 0.25) is 0 Å². The number of amidine groups is 1. The summed E-state index contributed by atoms with van der Waals surface area (Å²) in [5.41, 5.74) is 6.88. The molecule has 0 saturated carbocycles. The van der Waals surface area contributed by atoms with E-state index in [1.165, 1.54) is 6.20 Å². The number of carbonyl (C=O) groups excluding carboxylic acids is 1. The van der Waals surface area contributed by atoms with Gasteiger partial charge in [0.15, 0.2) is 0 Å². The summed E-state index contributed by atoms with van der Waals surface area (Å²) in [6, 6.07) is 0. The van der Waals surface area contributed by atoms with Gasteiger partial charge in [0.25, 0.3) is 5.91 Å². The van der Waals surface area contributed by atoms with Crippen LogP contribution in [-0.4, -0.2) is 18.8 Å².